The molecule has 0 saturated carbocycles. The molecule has 0 bridgehead atoms. The third-order valence-corrected chi connectivity index (χ3v) is 8.22. The number of halogens is 1. The lowest BCUT2D eigenvalue weighted by molar-refractivity contribution is -0.142. The first-order chi connectivity index (χ1) is 19.1. The Hall–Kier alpha value is -2.86. The fourth-order valence-corrected chi connectivity index (χ4v) is 6.10. The molecule has 3 atom stereocenters. The number of amides is 2. The van der Waals surface area contributed by atoms with Crippen LogP contribution in [0, 0.1) is 18.8 Å². The zero-order valence-corrected chi connectivity index (χ0v) is 25.6. The summed E-state index contributed by atoms with van der Waals surface area (Å²) in [7, 11) is 0. The van der Waals surface area contributed by atoms with Gasteiger partial charge in [-0.05, 0) is 61.6 Å². The Balaban J connectivity index is 0.00000178. The first kappa shape index (κ1) is 33.3. The Labute approximate surface area is 245 Å². The van der Waals surface area contributed by atoms with E-state index in [-0.39, 0.29) is 42.0 Å². The zero-order chi connectivity index (χ0) is 29.8. The smallest absolute Gasteiger partial charge is 0.290 e. The van der Waals surface area contributed by atoms with Gasteiger partial charge >= 0.3 is 0 Å². The van der Waals surface area contributed by atoms with Gasteiger partial charge in [0.25, 0.3) is 6.47 Å². The van der Waals surface area contributed by atoms with E-state index in [4.69, 9.17) is 21.5 Å². The van der Waals surface area contributed by atoms with Crippen LogP contribution in [0.5, 0.6) is 0 Å². The summed E-state index contributed by atoms with van der Waals surface area (Å²) in [5.41, 5.74) is 4.36. The van der Waals surface area contributed by atoms with E-state index < -0.39 is 0 Å². The summed E-state index contributed by atoms with van der Waals surface area (Å²) >= 11 is 6.59. The average Bonchev–Trinajstić information content (AvgIpc) is 3.02. The number of carbonyl (C=O) groups is 3. The van der Waals surface area contributed by atoms with Gasteiger partial charge in [-0.3, -0.25) is 14.4 Å². The molecule has 40 heavy (non-hydrogen) atoms. The number of hydrogen-bond donors (Lipinski definition) is 1. The van der Waals surface area contributed by atoms with Gasteiger partial charge < -0.3 is 14.9 Å². The molecule has 2 heterocycles. The number of rotatable bonds is 9. The summed E-state index contributed by atoms with van der Waals surface area (Å²) < 4.78 is 0. The lowest BCUT2D eigenvalue weighted by atomic mass is 9.81. The zero-order valence-electron chi connectivity index (χ0n) is 24.8. The molecule has 2 amide bonds. The quantitative estimate of drug-likeness (QED) is 0.155. The number of carboxylic acid groups (broad SMARTS) is 1. The molecule has 3 rings (SSSR count). The van der Waals surface area contributed by atoms with Crippen LogP contribution in [-0.4, -0.2) is 64.7 Å². The number of benzene rings is 1. The second-order valence-electron chi connectivity index (χ2n) is 11.3. The van der Waals surface area contributed by atoms with Gasteiger partial charge in [-0.25, -0.2) is 0 Å². The lowest BCUT2D eigenvalue weighted by Gasteiger charge is -2.34. The van der Waals surface area contributed by atoms with Crippen LogP contribution in [0.1, 0.15) is 81.9 Å². The van der Waals surface area contributed by atoms with Crippen molar-refractivity contribution in [2.45, 2.75) is 77.5 Å². The van der Waals surface area contributed by atoms with Gasteiger partial charge in [-0.2, -0.15) is 0 Å². The van der Waals surface area contributed by atoms with Crippen LogP contribution < -0.4 is 0 Å². The minimum Gasteiger partial charge on any atom is -0.483 e. The van der Waals surface area contributed by atoms with E-state index in [0.29, 0.717) is 18.4 Å². The number of allylic oxidation sites excluding steroid dienone is 4. The minimum atomic E-state index is -0.272. The molecular formula is C33H47ClN2O4. The summed E-state index contributed by atoms with van der Waals surface area (Å²) in [5, 5.41) is 6.62. The number of aryl methyl sites for hydroxylation is 1. The summed E-state index contributed by atoms with van der Waals surface area (Å²) in [6.45, 7) is 16.6. The van der Waals surface area contributed by atoms with Crippen LogP contribution in [-0.2, 0) is 14.4 Å². The molecule has 2 aliphatic heterocycles. The van der Waals surface area contributed by atoms with Crippen LogP contribution in [0.25, 0.3) is 0 Å². The van der Waals surface area contributed by atoms with E-state index in [9.17, 15) is 9.59 Å². The van der Waals surface area contributed by atoms with E-state index in [2.05, 4.69) is 52.5 Å². The number of carbonyl (C=O) groups excluding carboxylic acids is 2. The standard InChI is InChI=1S/C32H45ClN2O2.CH2O2/c1-7-10-26(33)19-25(9-3)30-20-35(21-31(36)34-15-13-24(8-2)14-16-34)32(37)29(17-22(4)5)27-12-11-23(6)18-28(27)30;2-1-3/h7,9-12,18-19,22,24,26,29-30H,3,8,13-17,20-21H2,1-2,4-6H3;1H,(H,2,3)/b10-7-,25-19?;. The van der Waals surface area contributed by atoms with Crippen molar-refractivity contribution in [3.05, 3.63) is 71.3 Å². The second kappa shape index (κ2) is 16.4. The maximum atomic E-state index is 14.1. The van der Waals surface area contributed by atoms with Crippen molar-refractivity contribution in [3.63, 3.8) is 0 Å². The Morgan fingerprint density at radius 3 is 2.42 bits per heavy atom. The lowest BCUT2D eigenvalue weighted by Crippen LogP contribution is -2.47. The highest BCUT2D eigenvalue weighted by molar-refractivity contribution is 6.23. The molecule has 0 aliphatic carbocycles. The maximum Gasteiger partial charge on any atom is 0.290 e. The van der Waals surface area contributed by atoms with Gasteiger partial charge in [-0.1, -0.05) is 81.8 Å². The number of hydrogen-bond acceptors (Lipinski definition) is 3. The molecular weight excluding hydrogens is 524 g/mol. The normalized spacial score (nSPS) is 21.0. The van der Waals surface area contributed by atoms with Crippen LogP contribution in [0.2, 0.25) is 0 Å². The van der Waals surface area contributed by atoms with Crippen molar-refractivity contribution in [2.75, 3.05) is 26.2 Å². The van der Waals surface area contributed by atoms with E-state index in [0.717, 1.165) is 61.0 Å². The van der Waals surface area contributed by atoms with E-state index in [1.165, 1.54) is 0 Å². The van der Waals surface area contributed by atoms with Gasteiger partial charge in [0.1, 0.15) is 0 Å². The Kier molecular flexibility index (Phi) is 13.7. The molecule has 1 saturated heterocycles. The number of likely N-dealkylation sites (tertiary alicyclic amines) is 1. The number of fused-ring (bicyclic) bond motifs is 1. The number of alkyl halides is 1. The largest absolute Gasteiger partial charge is 0.483 e. The van der Waals surface area contributed by atoms with Crippen LogP contribution in [0.15, 0.2) is 54.7 Å². The fraction of sp³-hybridized carbons (Fsp3) is 0.545. The van der Waals surface area contributed by atoms with Crippen LogP contribution in [0.4, 0.5) is 0 Å². The molecule has 1 aromatic carbocycles. The molecule has 1 aromatic rings. The second-order valence-corrected chi connectivity index (χ2v) is 11.8. The molecule has 2 aliphatic rings. The van der Waals surface area contributed by atoms with Crippen LogP contribution in [0.3, 0.4) is 0 Å². The Morgan fingerprint density at radius 1 is 1.23 bits per heavy atom. The van der Waals surface area contributed by atoms with E-state index >= 15 is 0 Å². The van der Waals surface area contributed by atoms with Gasteiger partial charge in [0, 0.05) is 25.6 Å². The molecule has 0 spiro atoms. The maximum absolute atomic E-state index is 14.1. The minimum absolute atomic E-state index is 0.0531. The molecule has 1 fully saturated rings. The summed E-state index contributed by atoms with van der Waals surface area (Å²) in [6.07, 6.45) is 11.8. The predicted molar refractivity (Wildman–Crippen MR) is 164 cm³/mol. The third kappa shape index (κ3) is 9.09. The van der Waals surface area contributed by atoms with Gasteiger partial charge in [-0.15, -0.1) is 11.6 Å². The number of nitrogens with zero attached hydrogens (tertiary/aromatic N) is 2. The Bertz CT molecular complexity index is 1070. The first-order valence-corrected chi connectivity index (χ1v) is 14.9. The van der Waals surface area contributed by atoms with Crippen molar-refractivity contribution in [2.24, 2.45) is 11.8 Å². The van der Waals surface area contributed by atoms with Crippen molar-refractivity contribution in [1.29, 1.82) is 0 Å². The van der Waals surface area contributed by atoms with Crippen molar-refractivity contribution < 1.29 is 19.5 Å². The highest BCUT2D eigenvalue weighted by atomic mass is 35.5. The molecule has 0 aromatic heterocycles. The van der Waals surface area contributed by atoms with Gasteiger partial charge in [0.15, 0.2) is 0 Å². The molecule has 1 N–H and O–H groups in total. The molecule has 220 valence electrons. The van der Waals surface area contributed by atoms with Gasteiger partial charge in [0.2, 0.25) is 11.8 Å². The Morgan fingerprint density at radius 2 is 1.88 bits per heavy atom. The SMILES string of the molecule is C=CC(=CC(Cl)/C=C\C)C1CN(CC(=O)N2CCC(CC)CC2)C(=O)C(CC(C)C)c2ccc(C)cc21.O=CO. The number of piperidine rings is 1. The first-order valence-electron chi connectivity index (χ1n) is 14.5. The average molecular weight is 571 g/mol. The summed E-state index contributed by atoms with van der Waals surface area (Å²) in [5.74, 6) is 0.785. The highest BCUT2D eigenvalue weighted by Crippen LogP contribution is 2.40. The third-order valence-electron chi connectivity index (χ3n) is 7.95. The molecule has 0 radical (unpaired) electrons. The van der Waals surface area contributed by atoms with E-state index in [1.54, 1.807) is 0 Å². The molecule has 3 unspecified atom stereocenters. The van der Waals surface area contributed by atoms with E-state index in [1.807, 2.05) is 41.0 Å². The molecule has 6 nitrogen and oxygen atoms in total. The van der Waals surface area contributed by atoms with Crippen molar-refractivity contribution >= 4 is 29.9 Å². The fourth-order valence-electron chi connectivity index (χ4n) is 5.81. The van der Waals surface area contributed by atoms with Gasteiger partial charge in [0.05, 0.1) is 17.8 Å². The molecule has 7 heteroatoms. The summed E-state index contributed by atoms with van der Waals surface area (Å²) in [4.78, 5) is 39.7. The van der Waals surface area contributed by atoms with Crippen molar-refractivity contribution in [1.82, 2.24) is 9.80 Å². The topological polar surface area (TPSA) is 77.9 Å². The monoisotopic (exact) mass is 570 g/mol. The van der Waals surface area contributed by atoms with Crippen molar-refractivity contribution in [3.8, 4) is 0 Å². The highest BCUT2D eigenvalue weighted by Gasteiger charge is 2.37. The predicted octanol–water partition coefficient (Wildman–Crippen LogP) is 6.70. The van der Waals surface area contributed by atoms with Crippen LogP contribution >= 0.6 is 11.6 Å². The summed E-state index contributed by atoms with van der Waals surface area (Å²) in [6, 6.07) is 6.42.